The summed E-state index contributed by atoms with van der Waals surface area (Å²) in [6.45, 7) is 3.77. The van der Waals surface area contributed by atoms with Crippen LogP contribution in [0.5, 0.6) is 0 Å². The minimum Gasteiger partial charge on any atom is -0.345 e. The van der Waals surface area contributed by atoms with Crippen molar-refractivity contribution in [3.63, 3.8) is 0 Å². The fraction of sp³-hybridized carbons (Fsp3) is 0.500. The van der Waals surface area contributed by atoms with E-state index in [1.165, 1.54) is 0 Å². The van der Waals surface area contributed by atoms with E-state index >= 15 is 0 Å². The van der Waals surface area contributed by atoms with Crippen LogP contribution in [0.1, 0.15) is 5.82 Å². The zero-order valence-electron chi connectivity index (χ0n) is 9.27. The molecule has 1 saturated heterocycles. The summed E-state index contributed by atoms with van der Waals surface area (Å²) in [4.78, 5) is 23.8. The zero-order valence-corrected chi connectivity index (χ0v) is 10.9. The van der Waals surface area contributed by atoms with Gasteiger partial charge in [-0.3, -0.25) is 4.79 Å². The third kappa shape index (κ3) is 2.32. The molecule has 0 unspecified atom stereocenters. The molecule has 0 spiro atoms. The third-order valence-electron chi connectivity index (χ3n) is 2.57. The van der Waals surface area contributed by atoms with Crippen LogP contribution in [0.2, 0.25) is 0 Å². The van der Waals surface area contributed by atoms with E-state index in [0.717, 1.165) is 23.5 Å². The second-order valence-electron chi connectivity index (χ2n) is 3.83. The quantitative estimate of drug-likeness (QED) is 0.717. The van der Waals surface area contributed by atoms with Gasteiger partial charge in [-0.15, -0.1) is 0 Å². The molecule has 0 N–H and O–H groups in total. The molecule has 1 aromatic heterocycles. The summed E-state index contributed by atoms with van der Waals surface area (Å²) < 4.78 is 0.751. The van der Waals surface area contributed by atoms with Gasteiger partial charge in [-0.05, 0) is 22.9 Å². The number of hydrogen-bond donors (Lipinski definition) is 0. The fourth-order valence-corrected chi connectivity index (χ4v) is 2.09. The van der Waals surface area contributed by atoms with Crippen LogP contribution in [0.25, 0.3) is 0 Å². The Bertz CT molecular complexity index is 403. The molecule has 0 atom stereocenters. The summed E-state index contributed by atoms with van der Waals surface area (Å²) in [5, 5.41) is 0. The molecule has 16 heavy (non-hydrogen) atoms. The van der Waals surface area contributed by atoms with E-state index in [1.807, 2.05) is 24.9 Å². The highest BCUT2D eigenvalue weighted by Gasteiger charge is 2.22. The molecule has 86 valence electrons. The summed E-state index contributed by atoms with van der Waals surface area (Å²) in [6, 6.07) is 1.84. The Kier molecular flexibility index (Phi) is 3.09. The number of carbonyl (C=O) groups excluding carboxylic acids is 1. The summed E-state index contributed by atoms with van der Waals surface area (Å²) in [5.74, 6) is 1.63. The number of aryl methyl sites for hydroxylation is 1. The Balaban J connectivity index is 2.21. The largest absolute Gasteiger partial charge is 0.345 e. The van der Waals surface area contributed by atoms with Crippen LogP contribution in [0.15, 0.2) is 10.7 Å². The van der Waals surface area contributed by atoms with Gasteiger partial charge in [-0.2, -0.15) is 0 Å². The smallest absolute Gasteiger partial charge is 0.241 e. The number of nitrogens with zero attached hydrogens (tertiary/aromatic N) is 4. The van der Waals surface area contributed by atoms with Gasteiger partial charge in [0.05, 0.1) is 6.54 Å². The van der Waals surface area contributed by atoms with Crippen molar-refractivity contribution in [3.8, 4) is 0 Å². The summed E-state index contributed by atoms with van der Waals surface area (Å²) in [7, 11) is 1.82. The number of likely N-dealkylation sites (N-methyl/N-ethyl adjacent to an activating group) is 1. The highest BCUT2D eigenvalue weighted by molar-refractivity contribution is 9.10. The van der Waals surface area contributed by atoms with Gasteiger partial charge in [-0.1, -0.05) is 0 Å². The van der Waals surface area contributed by atoms with Crippen LogP contribution in [0.4, 0.5) is 5.82 Å². The highest BCUT2D eigenvalue weighted by Crippen LogP contribution is 2.17. The van der Waals surface area contributed by atoms with Gasteiger partial charge < -0.3 is 9.80 Å². The average molecular weight is 285 g/mol. The maximum atomic E-state index is 11.6. The topological polar surface area (TPSA) is 49.3 Å². The summed E-state index contributed by atoms with van der Waals surface area (Å²) in [6.07, 6.45) is 0. The first kappa shape index (κ1) is 11.3. The number of carbonyl (C=O) groups is 1. The number of hydrogen-bond acceptors (Lipinski definition) is 4. The number of rotatable bonds is 1. The van der Waals surface area contributed by atoms with Gasteiger partial charge in [0.25, 0.3) is 0 Å². The molecular weight excluding hydrogens is 272 g/mol. The average Bonchev–Trinajstić information content (AvgIpc) is 2.20. The number of aromatic nitrogens is 2. The normalized spacial score (nSPS) is 16.8. The fourth-order valence-electron chi connectivity index (χ4n) is 1.63. The van der Waals surface area contributed by atoms with Crippen molar-refractivity contribution < 1.29 is 4.79 Å². The number of amides is 1. The van der Waals surface area contributed by atoms with Crippen LogP contribution < -0.4 is 4.90 Å². The predicted molar refractivity (Wildman–Crippen MR) is 64.3 cm³/mol. The van der Waals surface area contributed by atoms with Crippen molar-refractivity contribution in [2.24, 2.45) is 0 Å². The lowest BCUT2D eigenvalue weighted by atomic mass is 10.3. The molecule has 1 fully saturated rings. The first-order valence-corrected chi connectivity index (χ1v) is 5.85. The monoisotopic (exact) mass is 284 g/mol. The lowest BCUT2D eigenvalue weighted by Crippen LogP contribution is -2.48. The van der Waals surface area contributed by atoms with Crippen LogP contribution in [-0.4, -0.2) is 47.5 Å². The van der Waals surface area contributed by atoms with E-state index < -0.39 is 0 Å². The lowest BCUT2D eigenvalue weighted by Gasteiger charge is -2.32. The third-order valence-corrected chi connectivity index (χ3v) is 2.98. The molecule has 2 heterocycles. The number of piperazine rings is 1. The van der Waals surface area contributed by atoms with Crippen LogP contribution in [0.3, 0.4) is 0 Å². The van der Waals surface area contributed by atoms with Gasteiger partial charge >= 0.3 is 0 Å². The molecule has 0 aromatic carbocycles. The molecular formula is C10H13BrN4O. The molecule has 0 saturated carbocycles. The first-order chi connectivity index (χ1) is 7.56. The van der Waals surface area contributed by atoms with E-state index in [4.69, 9.17) is 0 Å². The van der Waals surface area contributed by atoms with Gasteiger partial charge in [0.1, 0.15) is 16.2 Å². The second-order valence-corrected chi connectivity index (χ2v) is 4.65. The minimum atomic E-state index is 0.124. The molecule has 6 heteroatoms. The van der Waals surface area contributed by atoms with Crippen molar-refractivity contribution in [2.45, 2.75) is 6.92 Å². The van der Waals surface area contributed by atoms with Crippen molar-refractivity contribution in [3.05, 3.63) is 16.5 Å². The van der Waals surface area contributed by atoms with E-state index in [0.29, 0.717) is 12.4 Å². The Morgan fingerprint density at radius 1 is 1.38 bits per heavy atom. The van der Waals surface area contributed by atoms with Crippen LogP contribution in [0, 0.1) is 6.92 Å². The Morgan fingerprint density at radius 2 is 2.12 bits per heavy atom. The van der Waals surface area contributed by atoms with Crippen LogP contribution >= 0.6 is 15.9 Å². The molecule has 5 nitrogen and oxygen atoms in total. The maximum Gasteiger partial charge on any atom is 0.241 e. The standard InChI is InChI=1S/C10H13BrN4O/c1-7-12-8(11)5-9(13-7)15-4-3-14(2)10(16)6-15/h5H,3-4,6H2,1-2H3. The molecule has 0 radical (unpaired) electrons. The number of anilines is 1. The minimum absolute atomic E-state index is 0.124. The van der Waals surface area contributed by atoms with Crippen molar-refractivity contribution in [1.29, 1.82) is 0 Å². The molecule has 1 aliphatic heterocycles. The SMILES string of the molecule is Cc1nc(Br)cc(N2CCN(C)C(=O)C2)n1. The molecule has 0 bridgehead atoms. The van der Waals surface area contributed by atoms with Gasteiger partial charge in [-0.25, -0.2) is 9.97 Å². The summed E-state index contributed by atoms with van der Waals surface area (Å²) in [5.41, 5.74) is 0. The van der Waals surface area contributed by atoms with Crippen LogP contribution in [-0.2, 0) is 4.79 Å². The molecule has 1 aromatic rings. The van der Waals surface area contributed by atoms with E-state index in [1.54, 1.807) is 4.90 Å². The van der Waals surface area contributed by atoms with Crippen molar-refractivity contribution in [2.75, 3.05) is 31.6 Å². The van der Waals surface area contributed by atoms with Gasteiger partial charge in [0.15, 0.2) is 0 Å². The highest BCUT2D eigenvalue weighted by atomic mass is 79.9. The zero-order chi connectivity index (χ0) is 11.7. The van der Waals surface area contributed by atoms with Crippen molar-refractivity contribution in [1.82, 2.24) is 14.9 Å². The Hall–Kier alpha value is -1.17. The van der Waals surface area contributed by atoms with E-state index in [-0.39, 0.29) is 5.91 Å². The van der Waals surface area contributed by atoms with Gasteiger partial charge in [0, 0.05) is 26.2 Å². The molecule has 0 aliphatic carbocycles. The summed E-state index contributed by atoms with van der Waals surface area (Å²) >= 11 is 3.33. The molecule has 1 aliphatic rings. The van der Waals surface area contributed by atoms with Crippen molar-refractivity contribution >= 4 is 27.7 Å². The predicted octanol–water partition coefficient (Wildman–Crippen LogP) is 0.826. The van der Waals surface area contributed by atoms with E-state index in [9.17, 15) is 4.79 Å². The Labute approximate surface area is 103 Å². The second kappa shape index (κ2) is 4.37. The maximum absolute atomic E-state index is 11.6. The lowest BCUT2D eigenvalue weighted by molar-refractivity contribution is -0.129. The molecule has 2 rings (SSSR count). The first-order valence-electron chi connectivity index (χ1n) is 5.06. The molecule has 1 amide bonds. The number of halogens is 1. The Morgan fingerprint density at radius 3 is 2.75 bits per heavy atom. The van der Waals surface area contributed by atoms with Gasteiger partial charge in [0.2, 0.25) is 5.91 Å². The van der Waals surface area contributed by atoms with E-state index in [2.05, 4.69) is 25.9 Å².